The van der Waals surface area contributed by atoms with Crippen molar-refractivity contribution in [3.8, 4) is 0 Å². The minimum absolute atomic E-state index is 0.0763. The summed E-state index contributed by atoms with van der Waals surface area (Å²) in [6.07, 6.45) is 26.3. The van der Waals surface area contributed by atoms with Crippen LogP contribution in [-0.4, -0.2) is 215 Å². The van der Waals surface area contributed by atoms with Gasteiger partial charge in [-0.25, -0.2) is 0 Å². The van der Waals surface area contributed by atoms with E-state index in [-0.39, 0.29) is 44.8 Å². The van der Waals surface area contributed by atoms with Gasteiger partial charge in [-0.15, -0.1) is 87.5 Å². The number of ether oxygens (including phenoxy) is 1. The average Bonchev–Trinajstić information content (AvgIpc) is 1.66. The number of anilines is 2. The number of allylic oxidation sites excluding steroid dienone is 8. The lowest BCUT2D eigenvalue weighted by atomic mass is 9.81. The second kappa shape index (κ2) is 44.6. The van der Waals surface area contributed by atoms with Crippen LogP contribution in [0.2, 0.25) is 0 Å². The highest BCUT2D eigenvalue weighted by molar-refractivity contribution is 8.03. The molecule has 0 amide bonds. The van der Waals surface area contributed by atoms with Crippen molar-refractivity contribution in [1.82, 2.24) is 9.80 Å². The number of rotatable bonds is 21. The molecular formula is C79H99ClN6O26S9+2. The van der Waals surface area contributed by atoms with E-state index < -0.39 is 94.7 Å². The van der Waals surface area contributed by atoms with E-state index in [1.54, 1.807) is 23.9 Å². The van der Waals surface area contributed by atoms with Crippen LogP contribution in [0.5, 0.6) is 0 Å². The molecule has 121 heavy (non-hydrogen) atoms. The van der Waals surface area contributed by atoms with E-state index >= 15 is 0 Å². The first-order valence-electron chi connectivity index (χ1n) is 37.8. The molecule has 0 aromatic heterocycles. The molecule has 42 heteroatoms. The number of hydrogen-bond acceptors (Lipinski definition) is 29. The number of fused-ring (bicyclic) bond motifs is 8. The van der Waals surface area contributed by atoms with Gasteiger partial charge in [-0.1, -0.05) is 122 Å². The molecule has 4 bridgehead atoms. The zero-order valence-corrected chi connectivity index (χ0v) is 77.0. The Bertz CT molecular complexity index is 5690. The van der Waals surface area contributed by atoms with Crippen molar-refractivity contribution >= 4 is 148 Å². The van der Waals surface area contributed by atoms with E-state index in [1.807, 2.05) is 12.1 Å². The molecule has 0 aliphatic carbocycles. The van der Waals surface area contributed by atoms with Crippen LogP contribution in [0, 0.1) is 0 Å². The lowest BCUT2D eigenvalue weighted by molar-refractivity contribution is -0.437. The fraction of sp³-hybridized carbons (Fsp3) is 0.456. The van der Waals surface area contributed by atoms with Crippen LogP contribution in [0.1, 0.15) is 157 Å². The zero-order chi connectivity index (χ0) is 91.4. The Morgan fingerprint density at radius 2 is 0.802 bits per heavy atom. The second-order valence-corrected chi connectivity index (χ2v) is 37.2. The van der Waals surface area contributed by atoms with Crippen LogP contribution in [0.25, 0.3) is 0 Å². The SMILES string of the molecule is CCCN1/C(=C/C=C2C(Cl)=C(/C=C/C3=[N+](CCC)c4ccccc4C3(C)C)C3CCC/2N3C)C(C)(C)c2cc(S(=O)(=O)O)ccc21.CCCN1/C(=C/C=C2C(SCCOC=O)=C(/C=C/C3=[N+](CCC)c4ccccc4C3(C)C)C3CCC/2N3C)C(C)(C)c2cc(S(=O)(=O)O)ccc21.O=S(=O)=O.O=S(=O)=O.O=S(=O)=O.O=S(=O)=O.O=S(=O)=O.O=S(=O)=O. The third-order valence-electron chi connectivity index (χ3n) is 21.8. The lowest BCUT2D eigenvalue weighted by Crippen LogP contribution is -2.39. The van der Waals surface area contributed by atoms with Crippen molar-refractivity contribution in [3.05, 3.63) is 199 Å². The number of thioether (sulfide) groups is 1. The molecule has 2 saturated heterocycles. The number of likely N-dealkylation sites (N-methyl/N-ethyl adjacent to an activating group) is 2. The summed E-state index contributed by atoms with van der Waals surface area (Å²) in [5.74, 6) is 0.648. The summed E-state index contributed by atoms with van der Waals surface area (Å²) in [5, 5.41) is 0.832. The number of halogens is 1. The van der Waals surface area contributed by atoms with Gasteiger partial charge in [0.05, 0.1) is 25.7 Å². The first kappa shape index (κ1) is 103. The van der Waals surface area contributed by atoms with Gasteiger partial charge in [0.25, 0.3) is 26.7 Å². The number of hydrogen-bond donors (Lipinski definition) is 2. The Morgan fingerprint density at radius 1 is 0.463 bits per heavy atom. The van der Waals surface area contributed by atoms with E-state index in [1.165, 1.54) is 62.1 Å². The molecular weight excluding hydrogens is 1770 g/mol. The van der Waals surface area contributed by atoms with Crippen LogP contribution < -0.4 is 9.80 Å². The Kier molecular flexibility index (Phi) is 37.9. The molecule has 8 aliphatic rings. The molecule has 660 valence electrons. The van der Waals surface area contributed by atoms with Crippen molar-refractivity contribution in [2.24, 2.45) is 0 Å². The van der Waals surface area contributed by atoms with Gasteiger partial charge < -0.3 is 14.5 Å². The van der Waals surface area contributed by atoms with Crippen LogP contribution in [0.4, 0.5) is 22.7 Å². The summed E-state index contributed by atoms with van der Waals surface area (Å²) in [6.45, 7) is 30.8. The molecule has 32 nitrogen and oxygen atoms in total. The number of carbonyl (C=O) groups is 1. The minimum atomic E-state index is -4.34. The molecule has 4 unspecified atom stereocenters. The molecule has 8 aliphatic heterocycles. The van der Waals surface area contributed by atoms with Crippen molar-refractivity contribution in [1.29, 1.82) is 0 Å². The maximum atomic E-state index is 12.1. The van der Waals surface area contributed by atoms with Crippen LogP contribution in [-0.2, 0) is 115 Å². The highest BCUT2D eigenvalue weighted by Crippen LogP contribution is 2.53. The molecule has 0 saturated carbocycles. The van der Waals surface area contributed by atoms with Crippen LogP contribution in [0.3, 0.4) is 0 Å². The monoisotopic (exact) mass is 1870 g/mol. The molecule has 2 N–H and O–H groups in total. The fourth-order valence-corrected chi connectivity index (χ4v) is 19.4. The molecule has 8 heterocycles. The van der Waals surface area contributed by atoms with Gasteiger partial charge in [-0.3, -0.25) is 23.7 Å². The van der Waals surface area contributed by atoms with Crippen LogP contribution in [0.15, 0.2) is 187 Å². The Hall–Kier alpha value is -8.69. The zero-order valence-electron chi connectivity index (χ0n) is 68.9. The highest BCUT2D eigenvalue weighted by atomic mass is 35.5. The summed E-state index contributed by atoms with van der Waals surface area (Å²) in [4.78, 5) is 21.7. The van der Waals surface area contributed by atoms with E-state index in [0.717, 1.165) is 128 Å². The summed E-state index contributed by atoms with van der Waals surface area (Å²) >= 11 is 9.13. The van der Waals surface area contributed by atoms with Gasteiger partial charge in [-0.2, -0.15) is 26.0 Å². The first-order valence-corrected chi connectivity index (χ1v) is 48.0. The molecule has 0 spiro atoms. The van der Waals surface area contributed by atoms with Gasteiger partial charge in [0.15, 0.2) is 11.4 Å². The van der Waals surface area contributed by atoms with Crippen molar-refractivity contribution in [2.45, 2.75) is 190 Å². The minimum Gasteiger partial charge on any atom is -0.467 e. The molecule has 12 rings (SSSR count). The summed E-state index contributed by atoms with van der Waals surface area (Å²) in [5.41, 5.74) is 17.4. The Morgan fingerprint density at radius 3 is 1.16 bits per heavy atom. The van der Waals surface area contributed by atoms with E-state index in [9.17, 15) is 30.7 Å². The number of para-hydroxylation sites is 2. The smallest absolute Gasteiger partial charge is 0.425 e. The van der Waals surface area contributed by atoms with Gasteiger partial charge in [-0.05, 0) is 168 Å². The maximum Gasteiger partial charge on any atom is 0.425 e. The van der Waals surface area contributed by atoms with Gasteiger partial charge >= 0.3 is 63.7 Å². The maximum absolute atomic E-state index is 12.1. The summed E-state index contributed by atoms with van der Waals surface area (Å²) in [7, 11) is -22.9. The second-order valence-electron chi connectivity index (χ2n) is 30.4. The first-order chi connectivity index (χ1) is 56.4. The molecule has 4 aromatic rings. The van der Waals surface area contributed by atoms with E-state index in [0.29, 0.717) is 18.8 Å². The molecule has 4 aromatic carbocycles. The summed E-state index contributed by atoms with van der Waals surface area (Å²) in [6, 6.07) is 28.4. The normalized spacial score (nSPS) is 21.0. The quantitative estimate of drug-likeness (QED) is 0.0339. The Balaban J connectivity index is 0.000000340. The number of carbonyl (C=O) groups excluding carboxylic acids is 1. The lowest BCUT2D eigenvalue weighted by Gasteiger charge is -2.36. The largest absolute Gasteiger partial charge is 0.467 e. The molecule has 4 atom stereocenters. The van der Waals surface area contributed by atoms with Crippen LogP contribution >= 0.6 is 23.4 Å². The van der Waals surface area contributed by atoms with E-state index in [2.05, 4.69) is 223 Å². The standard InChI is InChI=1S/C41H51N3O5S2.C38H46ClN3O3S.6O3S/c1-8-22-43-35-13-11-10-12-31(35)40(3,4)37(43)20-15-29-33-18-19-34(42(33)7)30(39(29)50-25-24-49-27-45)16-21-38-41(5,6)32-26-28(51(46,47)48)14-17-36(32)44(38)23-9-2;1-8-22-41-32-13-11-10-12-28(32)37(3,4)34(41)20-15-26-30-18-19-31(40(30)7)27(36(26)39)16-21-35-38(5,6)29-24-25(46(43,44)45)14-17-33(29)42(35)23-9-2;6*1-4(2)3/h10-17,20-21,26-27,33-34H,8-9,18-19,22-25H2,1-7H3;10-17,20-21,24,30-31H,8-9,18-19,22-23H2,1-7H3;;;;;;/p+2. The van der Waals surface area contributed by atoms with Crippen molar-refractivity contribution in [2.75, 3.05) is 62.4 Å². The molecule has 0 radical (unpaired) electrons. The molecule has 2 fully saturated rings. The number of benzene rings is 4. The number of nitrogens with zero attached hydrogens (tertiary/aromatic N) is 6. The topological polar surface area (TPSA) is 461 Å². The third-order valence-corrected chi connectivity index (χ3v) is 25.0. The van der Waals surface area contributed by atoms with Crippen molar-refractivity contribution in [3.63, 3.8) is 0 Å². The Labute approximate surface area is 724 Å². The van der Waals surface area contributed by atoms with Gasteiger partial charge in [0.2, 0.25) is 11.4 Å². The van der Waals surface area contributed by atoms with E-state index in [4.69, 9.17) is 92.1 Å². The fourth-order valence-electron chi connectivity index (χ4n) is 16.9. The predicted octanol–water partition coefficient (Wildman–Crippen LogP) is 10.2. The van der Waals surface area contributed by atoms with Gasteiger partial charge in [0, 0.05) is 130 Å². The van der Waals surface area contributed by atoms with Crippen molar-refractivity contribution < 1.29 is 120 Å². The van der Waals surface area contributed by atoms with Gasteiger partial charge in [0.1, 0.15) is 19.7 Å². The highest BCUT2D eigenvalue weighted by Gasteiger charge is 2.49. The predicted molar refractivity (Wildman–Crippen MR) is 455 cm³/mol. The summed E-state index contributed by atoms with van der Waals surface area (Å²) < 4.78 is 230. The average molecular weight is 1870 g/mol. The third kappa shape index (κ3) is 25.7.